The first-order valence-corrected chi connectivity index (χ1v) is 6.94. The zero-order chi connectivity index (χ0) is 19.5. The van der Waals surface area contributed by atoms with E-state index in [-0.39, 0.29) is 11.4 Å². The molecule has 0 bridgehead atoms. The number of rotatable bonds is 3. The highest BCUT2D eigenvalue weighted by atomic mass is 19.4. The van der Waals surface area contributed by atoms with Crippen molar-refractivity contribution < 1.29 is 36.3 Å². The van der Waals surface area contributed by atoms with Gasteiger partial charge in [-0.2, -0.15) is 13.2 Å². The molecule has 0 saturated carbocycles. The number of nitrogens with one attached hydrogen (secondary N) is 2. The lowest BCUT2D eigenvalue weighted by molar-refractivity contribution is -0.137. The Labute approximate surface area is 143 Å². The van der Waals surface area contributed by atoms with Crippen molar-refractivity contribution in [1.29, 1.82) is 0 Å². The van der Waals surface area contributed by atoms with E-state index in [1.165, 1.54) is 0 Å². The molecule has 0 aliphatic rings. The van der Waals surface area contributed by atoms with Crippen LogP contribution in [0.1, 0.15) is 15.9 Å². The predicted octanol–water partition coefficient (Wildman–Crippen LogP) is 3.95. The maximum absolute atomic E-state index is 13.5. The van der Waals surface area contributed by atoms with Gasteiger partial charge in [-0.1, -0.05) is 6.07 Å². The smallest absolute Gasteiger partial charge is 0.416 e. The van der Waals surface area contributed by atoms with E-state index in [2.05, 4.69) is 0 Å². The Balaban J connectivity index is 2.19. The van der Waals surface area contributed by atoms with Crippen LogP contribution in [0.2, 0.25) is 0 Å². The summed E-state index contributed by atoms with van der Waals surface area (Å²) < 4.78 is 70.2. The van der Waals surface area contributed by atoms with Crippen molar-refractivity contribution in [2.45, 2.75) is 6.18 Å². The van der Waals surface area contributed by atoms with Crippen molar-refractivity contribution in [1.82, 2.24) is 5.32 Å². The topological polar surface area (TPSA) is 67.4 Å². The molecule has 0 aliphatic carbocycles. The van der Waals surface area contributed by atoms with Gasteiger partial charge in [0.2, 0.25) is 0 Å². The lowest BCUT2D eigenvalue weighted by atomic mass is 10.1. The Kier molecular flexibility index (Phi) is 5.44. The van der Waals surface area contributed by atoms with E-state index < -0.39 is 40.9 Å². The maximum atomic E-state index is 13.5. The first-order valence-electron chi connectivity index (χ1n) is 6.94. The first-order chi connectivity index (χ1) is 12.1. The van der Waals surface area contributed by atoms with Gasteiger partial charge in [-0.15, -0.1) is 0 Å². The third kappa shape index (κ3) is 4.47. The SMILES string of the molecule is COc1cc(NC(=O)NC(=O)c2c(F)cccc2F)cc(C(F)(F)F)c1. The standard InChI is InChI=1S/C16H11F5N2O3/c1-26-10-6-8(16(19,20)21)5-9(7-10)22-15(25)23-14(24)13-11(17)3-2-4-12(13)18/h2-7H,1H3,(H2,22,23,24,25). The second kappa shape index (κ2) is 7.38. The van der Waals surface area contributed by atoms with Crippen molar-refractivity contribution in [2.24, 2.45) is 0 Å². The normalized spacial score (nSPS) is 11.0. The molecule has 0 fully saturated rings. The van der Waals surface area contributed by atoms with Crippen LogP contribution in [0.3, 0.4) is 0 Å². The highest BCUT2D eigenvalue weighted by Gasteiger charge is 2.31. The Morgan fingerprint density at radius 3 is 2.19 bits per heavy atom. The fourth-order valence-corrected chi connectivity index (χ4v) is 2.00. The van der Waals surface area contributed by atoms with Crippen LogP contribution in [0.25, 0.3) is 0 Å². The van der Waals surface area contributed by atoms with Crippen molar-refractivity contribution in [2.75, 3.05) is 12.4 Å². The van der Waals surface area contributed by atoms with E-state index in [0.717, 1.165) is 31.4 Å². The molecule has 5 nitrogen and oxygen atoms in total. The molecule has 0 atom stereocenters. The minimum atomic E-state index is -4.70. The van der Waals surface area contributed by atoms with Crippen LogP contribution >= 0.6 is 0 Å². The van der Waals surface area contributed by atoms with Gasteiger partial charge in [-0.05, 0) is 24.3 Å². The van der Waals surface area contributed by atoms with Crippen LogP contribution in [0, 0.1) is 11.6 Å². The summed E-state index contributed by atoms with van der Waals surface area (Å²) in [6.45, 7) is 0. The summed E-state index contributed by atoms with van der Waals surface area (Å²) in [4.78, 5) is 23.5. The zero-order valence-electron chi connectivity index (χ0n) is 13.1. The average Bonchev–Trinajstić information content (AvgIpc) is 2.53. The summed E-state index contributed by atoms with van der Waals surface area (Å²) in [5.41, 5.74) is -2.43. The van der Waals surface area contributed by atoms with Crippen LogP contribution in [0.4, 0.5) is 32.4 Å². The Hall–Kier alpha value is -3.17. The van der Waals surface area contributed by atoms with Gasteiger partial charge in [-0.3, -0.25) is 10.1 Å². The van der Waals surface area contributed by atoms with Gasteiger partial charge in [0.25, 0.3) is 5.91 Å². The number of amides is 3. The van der Waals surface area contributed by atoms with Crippen LogP contribution < -0.4 is 15.4 Å². The van der Waals surface area contributed by atoms with Gasteiger partial charge in [0.1, 0.15) is 22.9 Å². The van der Waals surface area contributed by atoms with E-state index in [0.29, 0.717) is 12.1 Å². The highest BCUT2D eigenvalue weighted by Crippen LogP contribution is 2.34. The number of ether oxygens (including phenoxy) is 1. The number of methoxy groups -OCH3 is 1. The molecule has 2 aromatic carbocycles. The lowest BCUT2D eigenvalue weighted by Gasteiger charge is -2.13. The average molecular weight is 374 g/mol. The number of hydrogen-bond donors (Lipinski definition) is 2. The largest absolute Gasteiger partial charge is 0.497 e. The molecule has 2 N–H and O–H groups in total. The number of carbonyl (C=O) groups is 2. The van der Waals surface area contributed by atoms with Crippen LogP contribution in [0.5, 0.6) is 5.75 Å². The number of alkyl halides is 3. The molecule has 10 heteroatoms. The highest BCUT2D eigenvalue weighted by molar-refractivity contribution is 6.08. The van der Waals surface area contributed by atoms with E-state index in [1.54, 1.807) is 5.32 Å². The number of carbonyl (C=O) groups excluding carboxylic acids is 2. The van der Waals surface area contributed by atoms with Gasteiger partial charge in [0, 0.05) is 11.8 Å². The van der Waals surface area contributed by atoms with Gasteiger partial charge in [-0.25, -0.2) is 13.6 Å². The van der Waals surface area contributed by atoms with Crippen LogP contribution in [-0.4, -0.2) is 19.0 Å². The minimum Gasteiger partial charge on any atom is -0.497 e. The van der Waals surface area contributed by atoms with E-state index in [9.17, 15) is 31.5 Å². The number of urea groups is 1. The quantitative estimate of drug-likeness (QED) is 0.800. The second-order valence-electron chi connectivity index (χ2n) is 4.95. The number of anilines is 1. The van der Waals surface area contributed by atoms with Gasteiger partial charge < -0.3 is 10.1 Å². The molecule has 0 aromatic heterocycles. The Morgan fingerprint density at radius 2 is 1.65 bits per heavy atom. The van der Waals surface area contributed by atoms with Crippen molar-refractivity contribution in [3.05, 3.63) is 59.2 Å². The fourth-order valence-electron chi connectivity index (χ4n) is 2.00. The first kappa shape index (κ1) is 19.2. The number of benzene rings is 2. The lowest BCUT2D eigenvalue weighted by Crippen LogP contribution is -2.35. The van der Waals surface area contributed by atoms with Gasteiger partial charge in [0.15, 0.2) is 0 Å². The molecule has 0 spiro atoms. The summed E-state index contributed by atoms with van der Waals surface area (Å²) in [6.07, 6.45) is -4.70. The van der Waals surface area contributed by atoms with Crippen molar-refractivity contribution in [3.63, 3.8) is 0 Å². The van der Waals surface area contributed by atoms with Crippen LogP contribution in [0.15, 0.2) is 36.4 Å². The molecule has 0 radical (unpaired) electrons. The number of imide groups is 1. The van der Waals surface area contributed by atoms with E-state index in [4.69, 9.17) is 4.74 Å². The third-order valence-electron chi connectivity index (χ3n) is 3.14. The summed E-state index contributed by atoms with van der Waals surface area (Å²) in [6, 6.07) is 3.76. The molecule has 2 aromatic rings. The Morgan fingerprint density at radius 1 is 1.04 bits per heavy atom. The Bertz CT molecular complexity index is 832. The molecule has 26 heavy (non-hydrogen) atoms. The fraction of sp³-hybridized carbons (Fsp3) is 0.125. The maximum Gasteiger partial charge on any atom is 0.416 e. The number of halogens is 5. The number of hydrogen-bond acceptors (Lipinski definition) is 3. The molecular weight excluding hydrogens is 363 g/mol. The third-order valence-corrected chi connectivity index (χ3v) is 3.14. The van der Waals surface area contributed by atoms with Crippen LogP contribution in [-0.2, 0) is 6.18 Å². The molecule has 0 heterocycles. The van der Waals surface area contributed by atoms with E-state index in [1.807, 2.05) is 5.32 Å². The molecule has 0 aliphatic heterocycles. The van der Waals surface area contributed by atoms with E-state index >= 15 is 0 Å². The summed E-state index contributed by atoms with van der Waals surface area (Å²) in [5, 5.41) is 3.60. The second-order valence-corrected chi connectivity index (χ2v) is 4.95. The molecule has 0 saturated heterocycles. The zero-order valence-corrected chi connectivity index (χ0v) is 13.1. The monoisotopic (exact) mass is 374 g/mol. The molecule has 3 amide bonds. The van der Waals surface area contributed by atoms with Crippen molar-refractivity contribution in [3.8, 4) is 5.75 Å². The molecule has 0 unspecified atom stereocenters. The predicted molar refractivity (Wildman–Crippen MR) is 80.8 cm³/mol. The van der Waals surface area contributed by atoms with Gasteiger partial charge in [0.05, 0.1) is 12.7 Å². The minimum absolute atomic E-state index is 0.193. The molecule has 138 valence electrons. The summed E-state index contributed by atoms with van der Waals surface area (Å²) in [7, 11) is 1.13. The van der Waals surface area contributed by atoms with Crippen molar-refractivity contribution >= 4 is 17.6 Å². The van der Waals surface area contributed by atoms with Gasteiger partial charge >= 0.3 is 12.2 Å². The summed E-state index contributed by atoms with van der Waals surface area (Å²) >= 11 is 0. The summed E-state index contributed by atoms with van der Waals surface area (Å²) in [5.74, 6) is -3.98. The molecule has 2 rings (SSSR count). The molecular formula is C16H11F5N2O3.